The number of methoxy groups -OCH3 is 1. The van der Waals surface area contributed by atoms with E-state index < -0.39 is 0 Å². The van der Waals surface area contributed by atoms with E-state index in [0.29, 0.717) is 11.2 Å². The zero-order valence-electron chi connectivity index (χ0n) is 12.1. The molecule has 2 rings (SSSR count). The number of nitrogens with zero attached hydrogens (tertiary/aromatic N) is 1. The second-order valence-corrected chi connectivity index (χ2v) is 6.75. The second-order valence-electron chi connectivity index (χ2n) is 6.75. The van der Waals surface area contributed by atoms with Crippen molar-refractivity contribution in [2.45, 2.75) is 52.0 Å². The molecule has 2 fully saturated rings. The molecule has 0 bridgehead atoms. The first-order valence-electron chi connectivity index (χ1n) is 7.27. The minimum Gasteiger partial charge on any atom is -0.383 e. The molecule has 0 aromatic heterocycles. The molecule has 0 radical (unpaired) electrons. The molecule has 0 aromatic rings. The number of carbonyl (C=O) groups excluding carboxylic acids is 1. The van der Waals surface area contributed by atoms with Crippen LogP contribution in [0.15, 0.2) is 0 Å². The molecule has 1 atom stereocenters. The van der Waals surface area contributed by atoms with Gasteiger partial charge in [-0.1, -0.05) is 13.8 Å². The average molecular weight is 253 g/mol. The highest BCUT2D eigenvalue weighted by Gasteiger charge is 2.37. The highest BCUT2D eigenvalue weighted by atomic mass is 16.5. The largest absolute Gasteiger partial charge is 0.383 e. The van der Waals surface area contributed by atoms with Crippen LogP contribution in [0.4, 0.5) is 0 Å². The van der Waals surface area contributed by atoms with Gasteiger partial charge in [0.05, 0.1) is 6.61 Å². The number of hydrogen-bond acceptors (Lipinski definition) is 3. The molecule has 0 aliphatic heterocycles. The standard InChI is InChI=1S/C15H27NO2/c1-15(2)7-6-14(17)12(10-15)11-16(8-9-18-3)13-4-5-13/h12-13H,4-11H2,1-3H3. The Bertz CT molecular complexity index is 297. The van der Waals surface area contributed by atoms with Crippen LogP contribution < -0.4 is 0 Å². The van der Waals surface area contributed by atoms with E-state index in [0.717, 1.165) is 45.0 Å². The molecule has 104 valence electrons. The van der Waals surface area contributed by atoms with Crippen molar-refractivity contribution >= 4 is 5.78 Å². The third-order valence-electron chi connectivity index (χ3n) is 4.40. The summed E-state index contributed by atoms with van der Waals surface area (Å²) in [4.78, 5) is 14.6. The van der Waals surface area contributed by atoms with Gasteiger partial charge in [-0.05, 0) is 31.1 Å². The summed E-state index contributed by atoms with van der Waals surface area (Å²) in [5.41, 5.74) is 0.342. The number of ketones is 1. The van der Waals surface area contributed by atoms with E-state index in [-0.39, 0.29) is 5.92 Å². The van der Waals surface area contributed by atoms with Crippen molar-refractivity contribution in [3.63, 3.8) is 0 Å². The van der Waals surface area contributed by atoms with Crippen molar-refractivity contribution in [3.05, 3.63) is 0 Å². The third-order valence-corrected chi connectivity index (χ3v) is 4.40. The van der Waals surface area contributed by atoms with Crippen LogP contribution >= 0.6 is 0 Å². The first-order chi connectivity index (χ1) is 8.52. The fraction of sp³-hybridized carbons (Fsp3) is 0.933. The smallest absolute Gasteiger partial charge is 0.137 e. The number of ether oxygens (including phenoxy) is 1. The van der Waals surface area contributed by atoms with Gasteiger partial charge >= 0.3 is 0 Å². The summed E-state index contributed by atoms with van der Waals surface area (Å²) in [6, 6.07) is 0.720. The number of rotatable bonds is 6. The van der Waals surface area contributed by atoms with Crippen molar-refractivity contribution in [1.82, 2.24) is 4.90 Å². The predicted molar refractivity (Wildman–Crippen MR) is 72.6 cm³/mol. The highest BCUT2D eigenvalue weighted by molar-refractivity contribution is 5.82. The molecular formula is C15H27NO2. The van der Waals surface area contributed by atoms with Crippen LogP contribution in [0.25, 0.3) is 0 Å². The Morgan fingerprint density at radius 1 is 1.39 bits per heavy atom. The molecule has 1 unspecified atom stereocenters. The Balaban J connectivity index is 1.90. The summed E-state index contributed by atoms with van der Waals surface area (Å²) in [6.07, 6.45) is 5.49. The minimum absolute atomic E-state index is 0.256. The van der Waals surface area contributed by atoms with Gasteiger partial charge in [-0.15, -0.1) is 0 Å². The first-order valence-corrected chi connectivity index (χ1v) is 7.27. The number of hydrogen-bond donors (Lipinski definition) is 0. The highest BCUT2D eigenvalue weighted by Crippen LogP contribution is 2.38. The van der Waals surface area contributed by atoms with Gasteiger partial charge in [-0.25, -0.2) is 0 Å². The Morgan fingerprint density at radius 3 is 2.72 bits per heavy atom. The molecule has 0 saturated heterocycles. The maximum absolute atomic E-state index is 12.1. The van der Waals surface area contributed by atoms with Crippen LogP contribution in [0.2, 0.25) is 0 Å². The predicted octanol–water partition coefficient (Wildman–Crippen LogP) is 2.49. The molecule has 0 spiro atoms. The second kappa shape index (κ2) is 5.70. The monoisotopic (exact) mass is 253 g/mol. The summed E-state index contributed by atoms with van der Waals surface area (Å²) >= 11 is 0. The molecule has 2 aliphatic carbocycles. The van der Waals surface area contributed by atoms with Crippen molar-refractivity contribution in [2.24, 2.45) is 11.3 Å². The van der Waals surface area contributed by atoms with Crippen molar-refractivity contribution < 1.29 is 9.53 Å². The summed E-state index contributed by atoms with van der Waals surface area (Å²) in [7, 11) is 1.75. The molecule has 18 heavy (non-hydrogen) atoms. The molecule has 2 aliphatic rings. The van der Waals surface area contributed by atoms with Gasteiger partial charge in [-0.3, -0.25) is 9.69 Å². The Hall–Kier alpha value is -0.410. The van der Waals surface area contributed by atoms with Crippen LogP contribution in [0.1, 0.15) is 46.0 Å². The van der Waals surface area contributed by atoms with E-state index in [1.54, 1.807) is 7.11 Å². The van der Waals surface area contributed by atoms with Crippen molar-refractivity contribution in [3.8, 4) is 0 Å². The molecule has 0 aromatic carbocycles. The molecule has 0 amide bonds. The van der Waals surface area contributed by atoms with Gasteiger partial charge in [0, 0.05) is 38.6 Å². The van der Waals surface area contributed by atoms with Crippen LogP contribution in [-0.2, 0) is 9.53 Å². The van der Waals surface area contributed by atoms with Gasteiger partial charge in [0.1, 0.15) is 5.78 Å². The summed E-state index contributed by atoms with van der Waals surface area (Å²) in [5, 5.41) is 0. The maximum Gasteiger partial charge on any atom is 0.137 e. The van der Waals surface area contributed by atoms with Crippen LogP contribution in [0.5, 0.6) is 0 Å². The third kappa shape index (κ3) is 3.79. The zero-order valence-corrected chi connectivity index (χ0v) is 12.1. The van der Waals surface area contributed by atoms with Crippen molar-refractivity contribution in [1.29, 1.82) is 0 Å². The lowest BCUT2D eigenvalue weighted by molar-refractivity contribution is -0.127. The quantitative estimate of drug-likeness (QED) is 0.728. The van der Waals surface area contributed by atoms with E-state index in [2.05, 4.69) is 18.7 Å². The Kier molecular flexibility index (Phi) is 4.44. The van der Waals surface area contributed by atoms with E-state index in [1.165, 1.54) is 12.8 Å². The lowest BCUT2D eigenvalue weighted by Gasteiger charge is -2.36. The normalized spacial score (nSPS) is 27.8. The van der Waals surface area contributed by atoms with Gasteiger partial charge in [-0.2, -0.15) is 0 Å². The van der Waals surface area contributed by atoms with Crippen LogP contribution in [0.3, 0.4) is 0 Å². The molecule has 3 nitrogen and oxygen atoms in total. The lowest BCUT2D eigenvalue weighted by Crippen LogP contribution is -2.41. The van der Waals surface area contributed by atoms with Gasteiger partial charge in [0.15, 0.2) is 0 Å². The molecule has 2 saturated carbocycles. The van der Waals surface area contributed by atoms with E-state index in [9.17, 15) is 4.79 Å². The van der Waals surface area contributed by atoms with E-state index in [4.69, 9.17) is 4.74 Å². The van der Waals surface area contributed by atoms with E-state index >= 15 is 0 Å². The fourth-order valence-electron chi connectivity index (χ4n) is 3.07. The van der Waals surface area contributed by atoms with Gasteiger partial charge in [0.25, 0.3) is 0 Å². The van der Waals surface area contributed by atoms with Crippen molar-refractivity contribution in [2.75, 3.05) is 26.8 Å². The zero-order chi connectivity index (χ0) is 13.2. The number of carbonyl (C=O) groups is 1. The molecular weight excluding hydrogens is 226 g/mol. The van der Waals surface area contributed by atoms with E-state index in [1.807, 2.05) is 0 Å². The Labute approximate surface area is 111 Å². The summed E-state index contributed by atoms with van der Waals surface area (Å²) in [6.45, 7) is 7.30. The molecule has 0 N–H and O–H groups in total. The topological polar surface area (TPSA) is 29.5 Å². The summed E-state index contributed by atoms with van der Waals surface area (Å²) in [5.74, 6) is 0.739. The minimum atomic E-state index is 0.256. The number of Topliss-reactive ketones (excluding diaryl/α,β-unsaturated/α-hetero) is 1. The van der Waals surface area contributed by atoms with Crippen LogP contribution in [-0.4, -0.2) is 43.5 Å². The summed E-state index contributed by atoms with van der Waals surface area (Å²) < 4.78 is 5.18. The fourth-order valence-corrected chi connectivity index (χ4v) is 3.07. The first kappa shape index (κ1) is 14.0. The van der Waals surface area contributed by atoms with Crippen LogP contribution in [0, 0.1) is 11.3 Å². The maximum atomic E-state index is 12.1. The van der Waals surface area contributed by atoms with Gasteiger partial charge in [0.2, 0.25) is 0 Å². The Morgan fingerprint density at radius 2 is 2.11 bits per heavy atom. The molecule has 0 heterocycles. The lowest BCUT2D eigenvalue weighted by atomic mass is 9.71. The molecule has 3 heteroatoms. The SMILES string of the molecule is COCCN(CC1CC(C)(C)CCC1=O)C1CC1. The average Bonchev–Trinajstić information content (AvgIpc) is 3.12. The van der Waals surface area contributed by atoms with Gasteiger partial charge < -0.3 is 4.74 Å².